The van der Waals surface area contributed by atoms with Crippen LogP contribution in [0.5, 0.6) is 5.75 Å². The van der Waals surface area contributed by atoms with Gasteiger partial charge in [0.25, 0.3) is 0 Å². The summed E-state index contributed by atoms with van der Waals surface area (Å²) in [5, 5.41) is 5.84. The lowest BCUT2D eigenvalue weighted by Crippen LogP contribution is -2.51. The van der Waals surface area contributed by atoms with Gasteiger partial charge in [-0.2, -0.15) is 0 Å². The standard InChI is InChI=1S/C18H23N5O2/c24-18(21-11-13-25-16-7-2-1-3-8-16)22-15-6-4-12-23(14-15)17-19-9-5-10-20-17/h1-3,5,7-10,15H,4,6,11-14H2,(H2,21,22,24)/t15-/m1/s1. The molecule has 3 rings (SSSR count). The smallest absolute Gasteiger partial charge is 0.315 e. The van der Waals surface area contributed by atoms with E-state index in [9.17, 15) is 4.79 Å². The molecule has 2 aromatic rings. The third kappa shape index (κ3) is 5.34. The molecule has 1 aliphatic rings. The summed E-state index contributed by atoms with van der Waals surface area (Å²) in [6.45, 7) is 2.53. The number of benzene rings is 1. The fourth-order valence-electron chi connectivity index (χ4n) is 2.82. The van der Waals surface area contributed by atoms with Gasteiger partial charge in [0.1, 0.15) is 12.4 Å². The minimum atomic E-state index is -0.169. The number of urea groups is 1. The number of ether oxygens (including phenoxy) is 1. The molecule has 132 valence electrons. The molecular weight excluding hydrogens is 318 g/mol. The van der Waals surface area contributed by atoms with E-state index >= 15 is 0 Å². The van der Waals surface area contributed by atoms with Crippen LogP contribution in [0.15, 0.2) is 48.8 Å². The Balaban J connectivity index is 1.37. The number of piperidine rings is 1. The van der Waals surface area contributed by atoms with Crippen molar-refractivity contribution in [3.05, 3.63) is 48.8 Å². The molecule has 2 amide bonds. The molecule has 0 radical (unpaired) electrons. The highest BCUT2D eigenvalue weighted by atomic mass is 16.5. The van der Waals surface area contributed by atoms with E-state index in [4.69, 9.17) is 4.74 Å². The molecule has 0 bridgehead atoms. The minimum absolute atomic E-state index is 0.0904. The Morgan fingerprint density at radius 3 is 2.80 bits per heavy atom. The van der Waals surface area contributed by atoms with Crippen molar-refractivity contribution in [3.63, 3.8) is 0 Å². The number of amides is 2. The first-order chi connectivity index (χ1) is 12.3. The number of rotatable bonds is 6. The summed E-state index contributed by atoms with van der Waals surface area (Å²) in [5.74, 6) is 1.51. The van der Waals surface area contributed by atoms with Crippen LogP contribution in [0.1, 0.15) is 12.8 Å². The van der Waals surface area contributed by atoms with Crippen molar-refractivity contribution in [2.45, 2.75) is 18.9 Å². The van der Waals surface area contributed by atoms with Gasteiger partial charge in [-0.3, -0.25) is 0 Å². The van der Waals surface area contributed by atoms with Crippen LogP contribution < -0.4 is 20.3 Å². The van der Waals surface area contributed by atoms with Crippen molar-refractivity contribution >= 4 is 12.0 Å². The molecule has 7 nitrogen and oxygen atoms in total. The van der Waals surface area contributed by atoms with Crippen molar-refractivity contribution in [1.29, 1.82) is 0 Å². The maximum atomic E-state index is 12.0. The fourth-order valence-corrected chi connectivity index (χ4v) is 2.82. The number of carbonyl (C=O) groups excluding carboxylic acids is 1. The first-order valence-electron chi connectivity index (χ1n) is 8.55. The molecule has 1 aromatic heterocycles. The zero-order valence-corrected chi connectivity index (χ0v) is 14.1. The van der Waals surface area contributed by atoms with Crippen molar-refractivity contribution in [1.82, 2.24) is 20.6 Å². The van der Waals surface area contributed by atoms with Crippen molar-refractivity contribution in [2.75, 3.05) is 31.1 Å². The molecule has 1 atom stereocenters. The zero-order chi connectivity index (χ0) is 17.3. The summed E-state index contributed by atoms with van der Waals surface area (Å²) >= 11 is 0. The zero-order valence-electron chi connectivity index (χ0n) is 14.1. The van der Waals surface area contributed by atoms with E-state index in [-0.39, 0.29) is 12.1 Å². The predicted molar refractivity (Wildman–Crippen MR) is 95.7 cm³/mol. The minimum Gasteiger partial charge on any atom is -0.492 e. The normalized spacial score (nSPS) is 17.0. The summed E-state index contributed by atoms with van der Waals surface area (Å²) in [4.78, 5) is 22.7. The fraction of sp³-hybridized carbons (Fsp3) is 0.389. The van der Waals surface area contributed by atoms with Gasteiger partial charge in [-0.05, 0) is 31.0 Å². The molecule has 0 saturated carbocycles. The summed E-state index contributed by atoms with van der Waals surface area (Å²) in [7, 11) is 0. The lowest BCUT2D eigenvalue weighted by molar-refractivity contribution is 0.231. The second-order valence-corrected chi connectivity index (χ2v) is 5.90. The second kappa shape index (κ2) is 8.86. The SMILES string of the molecule is O=C(NCCOc1ccccc1)N[C@@H]1CCCN(c2ncccn2)C1. The Labute approximate surface area is 147 Å². The summed E-state index contributed by atoms with van der Waals surface area (Å²) < 4.78 is 5.55. The molecular formula is C18H23N5O2. The van der Waals surface area contributed by atoms with Crippen LogP contribution >= 0.6 is 0 Å². The van der Waals surface area contributed by atoms with E-state index in [1.807, 2.05) is 30.3 Å². The van der Waals surface area contributed by atoms with Gasteiger partial charge in [-0.15, -0.1) is 0 Å². The van der Waals surface area contributed by atoms with Gasteiger partial charge in [0.15, 0.2) is 0 Å². The number of hydrogen-bond donors (Lipinski definition) is 2. The Kier molecular flexibility index (Phi) is 6.03. The van der Waals surface area contributed by atoms with Crippen molar-refractivity contribution in [3.8, 4) is 5.75 Å². The lowest BCUT2D eigenvalue weighted by Gasteiger charge is -2.33. The molecule has 1 aromatic carbocycles. The molecule has 0 unspecified atom stereocenters. The number of anilines is 1. The highest BCUT2D eigenvalue weighted by Gasteiger charge is 2.22. The number of para-hydroxylation sites is 1. The Morgan fingerprint density at radius 2 is 2.00 bits per heavy atom. The van der Waals surface area contributed by atoms with E-state index in [2.05, 4.69) is 25.5 Å². The van der Waals surface area contributed by atoms with Crippen LogP contribution in [0.4, 0.5) is 10.7 Å². The lowest BCUT2D eigenvalue weighted by atomic mass is 10.1. The van der Waals surface area contributed by atoms with E-state index in [0.29, 0.717) is 19.1 Å². The Bertz CT molecular complexity index is 653. The maximum Gasteiger partial charge on any atom is 0.315 e. The van der Waals surface area contributed by atoms with E-state index in [1.54, 1.807) is 18.5 Å². The van der Waals surface area contributed by atoms with Crippen molar-refractivity contribution in [2.24, 2.45) is 0 Å². The number of aromatic nitrogens is 2. The van der Waals surface area contributed by atoms with Crippen LogP contribution in [-0.4, -0.2) is 48.3 Å². The summed E-state index contributed by atoms with van der Waals surface area (Å²) in [6, 6.07) is 11.3. The van der Waals surface area contributed by atoms with Crippen LogP contribution in [0, 0.1) is 0 Å². The monoisotopic (exact) mass is 341 g/mol. The molecule has 1 fully saturated rings. The van der Waals surface area contributed by atoms with Crippen molar-refractivity contribution < 1.29 is 9.53 Å². The van der Waals surface area contributed by atoms with Crippen LogP contribution in [-0.2, 0) is 0 Å². The van der Waals surface area contributed by atoms with E-state index in [1.165, 1.54) is 0 Å². The van der Waals surface area contributed by atoms with Crippen LogP contribution in [0.2, 0.25) is 0 Å². The first-order valence-corrected chi connectivity index (χ1v) is 8.55. The van der Waals surface area contributed by atoms with E-state index < -0.39 is 0 Å². The molecule has 2 heterocycles. The van der Waals surface area contributed by atoms with Crippen LogP contribution in [0.25, 0.3) is 0 Å². The maximum absolute atomic E-state index is 12.0. The molecule has 2 N–H and O–H groups in total. The quantitative estimate of drug-likeness (QED) is 0.784. The molecule has 0 spiro atoms. The van der Waals surface area contributed by atoms with Gasteiger partial charge >= 0.3 is 6.03 Å². The number of carbonyl (C=O) groups is 1. The number of hydrogen-bond acceptors (Lipinski definition) is 5. The largest absolute Gasteiger partial charge is 0.492 e. The Morgan fingerprint density at radius 1 is 1.20 bits per heavy atom. The topological polar surface area (TPSA) is 79.4 Å². The van der Waals surface area contributed by atoms with Crippen LogP contribution in [0.3, 0.4) is 0 Å². The van der Waals surface area contributed by atoms with Gasteiger partial charge in [0.05, 0.1) is 6.54 Å². The Hall–Kier alpha value is -2.83. The third-order valence-corrected chi connectivity index (χ3v) is 3.99. The van der Waals surface area contributed by atoms with Gasteiger partial charge in [0, 0.05) is 31.5 Å². The number of nitrogens with one attached hydrogen (secondary N) is 2. The molecule has 25 heavy (non-hydrogen) atoms. The average Bonchev–Trinajstić information content (AvgIpc) is 2.67. The summed E-state index contributed by atoms with van der Waals surface area (Å²) in [6.07, 6.45) is 5.43. The predicted octanol–water partition coefficient (Wildman–Crippen LogP) is 1.82. The average molecular weight is 341 g/mol. The number of nitrogens with zero attached hydrogens (tertiary/aromatic N) is 3. The molecule has 7 heteroatoms. The highest BCUT2D eigenvalue weighted by molar-refractivity contribution is 5.74. The molecule has 1 saturated heterocycles. The van der Waals surface area contributed by atoms with Gasteiger partial charge in [0.2, 0.25) is 5.95 Å². The molecule has 1 aliphatic heterocycles. The third-order valence-electron chi connectivity index (χ3n) is 3.99. The van der Waals surface area contributed by atoms with E-state index in [0.717, 1.165) is 31.7 Å². The second-order valence-electron chi connectivity index (χ2n) is 5.90. The van der Waals surface area contributed by atoms with Gasteiger partial charge in [-0.1, -0.05) is 18.2 Å². The van der Waals surface area contributed by atoms with Gasteiger partial charge in [-0.25, -0.2) is 14.8 Å². The molecule has 0 aliphatic carbocycles. The highest BCUT2D eigenvalue weighted by Crippen LogP contribution is 2.15. The summed E-state index contributed by atoms with van der Waals surface area (Å²) in [5.41, 5.74) is 0. The first kappa shape index (κ1) is 17.0. The van der Waals surface area contributed by atoms with Gasteiger partial charge < -0.3 is 20.3 Å².